The van der Waals surface area contributed by atoms with Crippen LogP contribution >= 0.6 is 11.6 Å². The zero-order valence-electron chi connectivity index (χ0n) is 20.3. The van der Waals surface area contributed by atoms with Gasteiger partial charge in [-0.15, -0.1) is 5.10 Å². The van der Waals surface area contributed by atoms with Gasteiger partial charge in [-0.25, -0.2) is 22.2 Å². The van der Waals surface area contributed by atoms with Crippen molar-refractivity contribution in [2.45, 2.75) is 56.5 Å². The molecule has 1 saturated heterocycles. The van der Waals surface area contributed by atoms with E-state index >= 15 is 0 Å². The fraction of sp³-hybridized carbons (Fsp3) is 0.400. The molecule has 2 unspecified atom stereocenters. The molecule has 210 valence electrons. The van der Waals surface area contributed by atoms with Crippen LogP contribution in [0, 0.1) is 23.3 Å². The largest absolute Gasteiger partial charge is 0.394 e. The van der Waals surface area contributed by atoms with Crippen LogP contribution in [-0.4, -0.2) is 73.2 Å². The van der Waals surface area contributed by atoms with Crippen molar-refractivity contribution in [1.29, 1.82) is 0 Å². The van der Waals surface area contributed by atoms with Gasteiger partial charge in [0.2, 0.25) is 0 Å². The molecular formula is C25H24ClF4N3O6. The zero-order chi connectivity index (χ0) is 28.4. The molecule has 1 fully saturated rings. The Balaban J connectivity index is 1.63. The number of aliphatic hydroxyl groups is 3. The zero-order valence-corrected chi connectivity index (χ0v) is 21.1. The number of nitrogens with zero attached hydrogens (tertiary/aromatic N) is 3. The number of aliphatic hydroxyl groups excluding tert-OH is 3. The predicted octanol–water partition coefficient (Wildman–Crippen LogP) is 2.74. The molecule has 4 rings (SSSR count). The Hall–Kier alpha value is -2.94. The Morgan fingerprint density at radius 3 is 2.44 bits per heavy atom. The molecular weight excluding hydrogens is 550 g/mol. The van der Waals surface area contributed by atoms with Crippen molar-refractivity contribution in [3.8, 4) is 11.3 Å². The first-order valence-electron chi connectivity index (χ1n) is 11.8. The summed E-state index contributed by atoms with van der Waals surface area (Å²) < 4.78 is 67.1. The summed E-state index contributed by atoms with van der Waals surface area (Å²) >= 11 is 5.70. The standard InChI is InChI=1S/C25H24ClF4N3O6/c1-2-18(35)24(38-10-11-3-4-13(26)14(27)5-11)25-23(37)21(22(36)19(9-34)39-25)33-8-17(31-32-33)12-6-15(28)20(30)16(29)7-12/h3-8,19,21-25,34,36-37H,2,9-10H2,1H3/t19?,21-,22-,23?,24+,25+/m0/s1. The van der Waals surface area contributed by atoms with Gasteiger partial charge in [-0.1, -0.05) is 29.8 Å². The van der Waals surface area contributed by atoms with Crippen molar-refractivity contribution in [3.05, 3.63) is 70.4 Å². The number of halogens is 5. The van der Waals surface area contributed by atoms with E-state index in [1.807, 2.05) is 0 Å². The average molecular weight is 574 g/mol. The Labute approximate surface area is 224 Å². The van der Waals surface area contributed by atoms with Crippen LogP contribution in [0.5, 0.6) is 0 Å². The Morgan fingerprint density at radius 1 is 1.13 bits per heavy atom. The van der Waals surface area contributed by atoms with Crippen molar-refractivity contribution in [3.63, 3.8) is 0 Å². The summed E-state index contributed by atoms with van der Waals surface area (Å²) in [6.45, 7) is 0.575. The molecule has 3 aromatic rings. The van der Waals surface area contributed by atoms with Crippen molar-refractivity contribution in [1.82, 2.24) is 15.0 Å². The molecule has 39 heavy (non-hydrogen) atoms. The first-order chi connectivity index (χ1) is 18.5. The highest BCUT2D eigenvalue weighted by molar-refractivity contribution is 6.30. The maximum absolute atomic E-state index is 13.9. The molecule has 1 aliphatic rings. The first kappa shape index (κ1) is 29.1. The molecule has 2 heterocycles. The number of rotatable bonds is 9. The number of ketones is 1. The van der Waals surface area contributed by atoms with E-state index in [9.17, 15) is 37.7 Å². The van der Waals surface area contributed by atoms with Gasteiger partial charge in [0.15, 0.2) is 23.2 Å². The van der Waals surface area contributed by atoms with Crippen molar-refractivity contribution in [2.75, 3.05) is 6.61 Å². The molecule has 1 aliphatic heterocycles. The highest BCUT2D eigenvalue weighted by Crippen LogP contribution is 2.34. The minimum Gasteiger partial charge on any atom is -0.394 e. The molecule has 0 spiro atoms. The second-order valence-corrected chi connectivity index (χ2v) is 9.34. The molecule has 6 atom stereocenters. The van der Waals surface area contributed by atoms with Gasteiger partial charge in [0.25, 0.3) is 0 Å². The predicted molar refractivity (Wildman–Crippen MR) is 127 cm³/mol. The maximum Gasteiger partial charge on any atom is 0.194 e. The highest BCUT2D eigenvalue weighted by Gasteiger charge is 2.50. The van der Waals surface area contributed by atoms with E-state index in [4.69, 9.17) is 21.1 Å². The second kappa shape index (κ2) is 12.1. The third kappa shape index (κ3) is 5.98. The van der Waals surface area contributed by atoms with E-state index in [0.29, 0.717) is 17.7 Å². The maximum atomic E-state index is 13.9. The summed E-state index contributed by atoms with van der Waals surface area (Å²) in [6, 6.07) is 3.96. The highest BCUT2D eigenvalue weighted by atomic mass is 35.5. The minimum atomic E-state index is -1.67. The summed E-state index contributed by atoms with van der Waals surface area (Å²) in [5.74, 6) is -5.76. The van der Waals surface area contributed by atoms with Crippen LogP contribution in [0.3, 0.4) is 0 Å². The fourth-order valence-corrected chi connectivity index (χ4v) is 4.46. The van der Waals surface area contributed by atoms with E-state index in [1.165, 1.54) is 12.1 Å². The van der Waals surface area contributed by atoms with Gasteiger partial charge >= 0.3 is 0 Å². The SMILES string of the molecule is CCC(=O)[C@@H](OCc1ccc(Cl)c(F)c1)[C@@H]1OC(CO)[C@H](O)[C@H](n2cc(-c3cc(F)c(F)c(F)c3)nn2)C1O. The number of benzene rings is 2. The molecule has 0 saturated carbocycles. The van der Waals surface area contributed by atoms with Crippen LogP contribution in [0.15, 0.2) is 36.5 Å². The number of aromatic nitrogens is 3. The number of hydrogen-bond acceptors (Lipinski definition) is 8. The van der Waals surface area contributed by atoms with Crippen LogP contribution in [0.25, 0.3) is 11.3 Å². The number of ether oxygens (including phenoxy) is 2. The van der Waals surface area contributed by atoms with Crippen molar-refractivity contribution < 1.29 is 47.1 Å². The molecule has 0 radical (unpaired) electrons. The second-order valence-electron chi connectivity index (χ2n) is 8.93. The van der Waals surface area contributed by atoms with Gasteiger partial charge in [0, 0.05) is 12.0 Å². The monoisotopic (exact) mass is 573 g/mol. The minimum absolute atomic E-state index is 0.0294. The molecule has 0 bridgehead atoms. The van der Waals surface area contributed by atoms with E-state index in [1.54, 1.807) is 6.92 Å². The van der Waals surface area contributed by atoms with Gasteiger partial charge in [0.1, 0.15) is 48.1 Å². The number of Topliss-reactive ketones (excluding diaryl/α,β-unsaturated/α-hetero) is 1. The summed E-state index contributed by atoms with van der Waals surface area (Å²) in [6.07, 6.45) is -6.25. The normalized spacial score (nSPS) is 24.1. The van der Waals surface area contributed by atoms with Crippen LogP contribution in [0.2, 0.25) is 5.02 Å². The van der Waals surface area contributed by atoms with Gasteiger partial charge in [-0.3, -0.25) is 4.79 Å². The van der Waals surface area contributed by atoms with Crippen LogP contribution in [0.1, 0.15) is 24.9 Å². The topological polar surface area (TPSA) is 127 Å². The number of carbonyl (C=O) groups is 1. The smallest absolute Gasteiger partial charge is 0.194 e. The Morgan fingerprint density at radius 2 is 1.82 bits per heavy atom. The molecule has 2 aromatic carbocycles. The third-order valence-electron chi connectivity index (χ3n) is 6.40. The van der Waals surface area contributed by atoms with Crippen molar-refractivity contribution >= 4 is 17.4 Å². The van der Waals surface area contributed by atoms with Gasteiger partial charge in [-0.2, -0.15) is 0 Å². The van der Waals surface area contributed by atoms with Crippen LogP contribution < -0.4 is 0 Å². The molecule has 3 N–H and O–H groups in total. The summed E-state index contributed by atoms with van der Waals surface area (Å²) in [5, 5.41) is 39.4. The summed E-state index contributed by atoms with van der Waals surface area (Å²) in [5.41, 5.74) is 0.0607. The quantitative estimate of drug-likeness (QED) is 0.263. The lowest BCUT2D eigenvalue weighted by atomic mass is 9.88. The number of hydrogen-bond donors (Lipinski definition) is 3. The van der Waals surface area contributed by atoms with E-state index in [-0.39, 0.29) is 29.3 Å². The first-order valence-corrected chi connectivity index (χ1v) is 12.2. The van der Waals surface area contributed by atoms with E-state index in [0.717, 1.165) is 16.9 Å². The molecule has 1 aromatic heterocycles. The summed E-state index contributed by atoms with van der Waals surface area (Å²) in [7, 11) is 0. The van der Waals surface area contributed by atoms with Crippen LogP contribution in [-0.2, 0) is 20.9 Å². The van der Waals surface area contributed by atoms with E-state index in [2.05, 4.69) is 10.3 Å². The van der Waals surface area contributed by atoms with E-state index < -0.39 is 72.2 Å². The Kier molecular flexibility index (Phi) is 8.99. The van der Waals surface area contributed by atoms with Gasteiger partial charge < -0.3 is 24.8 Å². The lowest BCUT2D eigenvalue weighted by Gasteiger charge is -2.44. The summed E-state index contributed by atoms with van der Waals surface area (Å²) in [4.78, 5) is 12.8. The molecule has 9 nitrogen and oxygen atoms in total. The molecule has 14 heteroatoms. The lowest BCUT2D eigenvalue weighted by Crippen LogP contribution is -2.60. The van der Waals surface area contributed by atoms with Crippen LogP contribution in [0.4, 0.5) is 17.6 Å². The Bertz CT molecular complexity index is 1320. The van der Waals surface area contributed by atoms with Gasteiger partial charge in [0.05, 0.1) is 24.4 Å². The number of carbonyl (C=O) groups excluding carboxylic acids is 1. The van der Waals surface area contributed by atoms with Crippen molar-refractivity contribution in [2.24, 2.45) is 0 Å². The fourth-order valence-electron chi connectivity index (χ4n) is 4.34. The molecule has 0 aliphatic carbocycles. The average Bonchev–Trinajstić information content (AvgIpc) is 3.39. The lowest BCUT2D eigenvalue weighted by molar-refractivity contribution is -0.234. The third-order valence-corrected chi connectivity index (χ3v) is 6.71. The molecule has 0 amide bonds. The van der Waals surface area contributed by atoms with Gasteiger partial charge in [-0.05, 0) is 29.8 Å².